The van der Waals surface area contributed by atoms with Gasteiger partial charge in [0.1, 0.15) is 0 Å². The molecule has 0 radical (unpaired) electrons. The molecule has 4 aliphatic rings. The lowest BCUT2D eigenvalue weighted by molar-refractivity contribution is -0.0541. The van der Waals surface area contributed by atoms with E-state index in [9.17, 15) is 5.11 Å². The van der Waals surface area contributed by atoms with Crippen LogP contribution in [0.5, 0.6) is 0 Å². The molecule has 1 spiro atoms. The van der Waals surface area contributed by atoms with Crippen molar-refractivity contribution < 1.29 is 5.11 Å². The molecule has 21 heavy (non-hydrogen) atoms. The van der Waals surface area contributed by atoms with Gasteiger partial charge in [0.05, 0.1) is 6.10 Å². The predicted molar refractivity (Wildman–Crippen MR) is 86.8 cm³/mol. The van der Waals surface area contributed by atoms with E-state index < -0.39 is 0 Å². The molecule has 0 unspecified atom stereocenters. The maximum atomic E-state index is 10.9. The molecule has 1 heteroatoms. The van der Waals surface area contributed by atoms with E-state index in [2.05, 4.69) is 33.4 Å². The van der Waals surface area contributed by atoms with Gasteiger partial charge in [0.25, 0.3) is 0 Å². The first-order valence-corrected chi connectivity index (χ1v) is 8.89. The molecule has 4 rings (SSSR count). The molecule has 0 aromatic heterocycles. The van der Waals surface area contributed by atoms with Gasteiger partial charge in [-0.1, -0.05) is 45.4 Å². The van der Waals surface area contributed by atoms with Crippen molar-refractivity contribution in [1.29, 1.82) is 0 Å². The number of allylic oxidation sites excluding steroid dienone is 1. The van der Waals surface area contributed by atoms with Crippen LogP contribution >= 0.6 is 0 Å². The van der Waals surface area contributed by atoms with E-state index in [1.54, 1.807) is 5.57 Å². The fraction of sp³-hybridized carbons (Fsp3) is 0.800. The van der Waals surface area contributed by atoms with Gasteiger partial charge in [-0.25, -0.2) is 0 Å². The topological polar surface area (TPSA) is 20.2 Å². The molecular formula is C20H30O. The van der Waals surface area contributed by atoms with E-state index in [1.165, 1.54) is 38.5 Å². The zero-order valence-electron chi connectivity index (χ0n) is 13.9. The van der Waals surface area contributed by atoms with Crippen LogP contribution in [0.1, 0.15) is 65.7 Å². The Bertz CT molecular complexity index is 528. The van der Waals surface area contributed by atoms with E-state index >= 15 is 0 Å². The maximum Gasteiger partial charge on any atom is 0.0844 e. The Kier molecular flexibility index (Phi) is 2.71. The van der Waals surface area contributed by atoms with E-state index in [0.717, 1.165) is 17.9 Å². The van der Waals surface area contributed by atoms with Crippen LogP contribution in [0, 0.1) is 28.1 Å². The smallest absolute Gasteiger partial charge is 0.0844 e. The van der Waals surface area contributed by atoms with Crippen LogP contribution in [0.3, 0.4) is 0 Å². The summed E-state index contributed by atoms with van der Waals surface area (Å²) < 4.78 is 0. The molecule has 0 heterocycles. The number of aliphatic hydroxyl groups excluding tert-OH is 1. The van der Waals surface area contributed by atoms with Crippen LogP contribution in [0.2, 0.25) is 0 Å². The van der Waals surface area contributed by atoms with E-state index in [1.807, 2.05) is 0 Å². The summed E-state index contributed by atoms with van der Waals surface area (Å²) in [6.45, 7) is 11.7. The van der Waals surface area contributed by atoms with Crippen molar-refractivity contribution >= 4 is 0 Å². The van der Waals surface area contributed by atoms with Gasteiger partial charge in [-0.2, -0.15) is 0 Å². The van der Waals surface area contributed by atoms with Gasteiger partial charge >= 0.3 is 0 Å². The highest BCUT2D eigenvalue weighted by Gasteiger charge is 2.62. The van der Waals surface area contributed by atoms with E-state index in [0.29, 0.717) is 16.7 Å². The van der Waals surface area contributed by atoms with Crippen molar-refractivity contribution in [3.8, 4) is 0 Å². The lowest BCUT2D eigenvalue weighted by Crippen LogP contribution is -2.53. The lowest BCUT2D eigenvalue weighted by Gasteiger charge is -2.61. The van der Waals surface area contributed by atoms with Gasteiger partial charge in [-0.15, -0.1) is 0 Å². The van der Waals surface area contributed by atoms with Gasteiger partial charge in [-0.05, 0) is 66.8 Å². The highest BCUT2D eigenvalue weighted by Crippen LogP contribution is 2.70. The minimum atomic E-state index is -0.279. The third kappa shape index (κ3) is 1.57. The average Bonchev–Trinajstić information content (AvgIpc) is 2.59. The van der Waals surface area contributed by atoms with Gasteiger partial charge in [0.15, 0.2) is 0 Å². The largest absolute Gasteiger partial charge is 0.388 e. The Balaban J connectivity index is 1.83. The van der Waals surface area contributed by atoms with Gasteiger partial charge < -0.3 is 5.11 Å². The fourth-order valence-electron chi connectivity index (χ4n) is 6.95. The number of aliphatic hydroxyl groups is 1. The molecule has 0 aliphatic heterocycles. The lowest BCUT2D eigenvalue weighted by atomic mass is 9.44. The number of fused-ring (bicyclic) bond motifs is 3. The average molecular weight is 286 g/mol. The summed E-state index contributed by atoms with van der Waals surface area (Å²) in [5, 5.41) is 10.9. The number of hydrogen-bond donors (Lipinski definition) is 1. The van der Waals surface area contributed by atoms with Crippen LogP contribution < -0.4 is 0 Å². The third-order valence-electron chi connectivity index (χ3n) is 7.88. The monoisotopic (exact) mass is 286 g/mol. The number of hydrogen-bond acceptors (Lipinski definition) is 1. The van der Waals surface area contributed by atoms with Crippen LogP contribution in [0.15, 0.2) is 23.8 Å². The molecule has 0 saturated heterocycles. The standard InChI is InChI=1S/C20H30O/c1-13-14-6-7-16-19(4)10-5-9-18(2,3)15(19)8-11-20(16,12-14)17(13)21/h7,14-15,17,21H,1,5-6,8-12H2,2-4H3/t14-,15-,17-,19-,20-/m0/s1. The molecule has 116 valence electrons. The first-order chi connectivity index (χ1) is 9.81. The summed E-state index contributed by atoms with van der Waals surface area (Å²) in [5.74, 6) is 1.33. The van der Waals surface area contributed by atoms with Crippen molar-refractivity contribution in [3.05, 3.63) is 23.8 Å². The van der Waals surface area contributed by atoms with Gasteiger partial charge in [-0.3, -0.25) is 0 Å². The summed E-state index contributed by atoms with van der Waals surface area (Å²) in [7, 11) is 0. The van der Waals surface area contributed by atoms with Crippen molar-refractivity contribution in [2.24, 2.45) is 28.1 Å². The summed E-state index contributed by atoms with van der Waals surface area (Å²) in [4.78, 5) is 0. The highest BCUT2D eigenvalue weighted by atomic mass is 16.3. The molecule has 3 fully saturated rings. The molecule has 2 bridgehead atoms. The summed E-state index contributed by atoms with van der Waals surface area (Å²) in [5.41, 5.74) is 3.57. The zero-order chi connectivity index (χ0) is 15.0. The second kappa shape index (κ2) is 4.04. The van der Waals surface area contributed by atoms with Crippen molar-refractivity contribution in [2.75, 3.05) is 0 Å². The van der Waals surface area contributed by atoms with Crippen LogP contribution in [0.4, 0.5) is 0 Å². The van der Waals surface area contributed by atoms with Crippen LogP contribution in [0.25, 0.3) is 0 Å². The summed E-state index contributed by atoms with van der Waals surface area (Å²) >= 11 is 0. The highest BCUT2D eigenvalue weighted by molar-refractivity contribution is 5.41. The number of rotatable bonds is 0. The van der Waals surface area contributed by atoms with Crippen molar-refractivity contribution in [2.45, 2.75) is 71.8 Å². The second-order valence-corrected chi connectivity index (χ2v) is 9.24. The Morgan fingerprint density at radius 1 is 1.19 bits per heavy atom. The Morgan fingerprint density at radius 3 is 2.71 bits per heavy atom. The molecule has 1 nitrogen and oxygen atoms in total. The second-order valence-electron chi connectivity index (χ2n) is 9.24. The fourth-order valence-corrected chi connectivity index (χ4v) is 6.95. The van der Waals surface area contributed by atoms with Gasteiger partial charge in [0.2, 0.25) is 0 Å². The van der Waals surface area contributed by atoms with Gasteiger partial charge in [0, 0.05) is 5.41 Å². The first-order valence-electron chi connectivity index (χ1n) is 8.89. The first kappa shape index (κ1) is 14.1. The predicted octanol–water partition coefficient (Wildman–Crippen LogP) is 4.87. The van der Waals surface area contributed by atoms with Crippen LogP contribution in [-0.4, -0.2) is 11.2 Å². The molecule has 1 N–H and O–H groups in total. The third-order valence-corrected chi connectivity index (χ3v) is 7.88. The normalized spacial score (nSPS) is 51.1. The molecule has 4 aliphatic carbocycles. The van der Waals surface area contributed by atoms with Crippen molar-refractivity contribution in [3.63, 3.8) is 0 Å². The molecule has 5 atom stereocenters. The summed E-state index contributed by atoms with van der Waals surface area (Å²) in [6.07, 6.45) is 11.0. The minimum Gasteiger partial charge on any atom is -0.388 e. The molecule has 0 amide bonds. The summed E-state index contributed by atoms with van der Waals surface area (Å²) in [6, 6.07) is 0. The zero-order valence-corrected chi connectivity index (χ0v) is 13.9. The van der Waals surface area contributed by atoms with E-state index in [4.69, 9.17) is 0 Å². The maximum absolute atomic E-state index is 10.9. The van der Waals surface area contributed by atoms with E-state index in [-0.39, 0.29) is 11.5 Å². The Hall–Kier alpha value is -0.560. The minimum absolute atomic E-state index is 0.0542. The quantitative estimate of drug-likeness (QED) is 0.630. The van der Waals surface area contributed by atoms with Crippen molar-refractivity contribution in [1.82, 2.24) is 0 Å². The molecular weight excluding hydrogens is 256 g/mol. The van der Waals surface area contributed by atoms with Crippen LogP contribution in [-0.2, 0) is 0 Å². The molecule has 0 aromatic carbocycles. The Morgan fingerprint density at radius 2 is 1.95 bits per heavy atom. The molecule has 3 saturated carbocycles. The molecule has 0 aromatic rings. The SMILES string of the molecule is C=C1[C@H]2CC=C3[C@](CC[C@H]4C(C)(C)CCC[C@]34C)(C2)[C@H]1O. The Labute approximate surface area is 129 Å².